The van der Waals surface area contributed by atoms with Gasteiger partial charge in [-0.1, -0.05) is 24.3 Å². The van der Waals surface area contributed by atoms with Gasteiger partial charge in [0.1, 0.15) is 5.82 Å². The number of rotatable bonds is 4. The number of aryl methyl sites for hydroxylation is 2. The highest BCUT2D eigenvalue weighted by atomic mass is 19.1. The number of nitrogens with zero attached hydrogens (tertiary/aromatic N) is 2. The molecule has 1 aromatic carbocycles. The Bertz CT molecular complexity index is 803. The normalized spacial score (nSPS) is 25.0. The molecule has 0 spiro atoms. The first-order chi connectivity index (χ1) is 13.0. The minimum atomic E-state index is -0.258. The molecule has 2 atom stereocenters. The van der Waals surface area contributed by atoms with Crippen molar-refractivity contribution < 1.29 is 18.8 Å². The molecule has 0 saturated carbocycles. The molecule has 6 heteroatoms. The molecule has 2 heterocycles. The number of halogens is 1. The third-order valence-corrected chi connectivity index (χ3v) is 5.99. The predicted molar refractivity (Wildman–Crippen MR) is 97.0 cm³/mol. The molecule has 2 aliphatic heterocycles. The van der Waals surface area contributed by atoms with Gasteiger partial charge in [0.15, 0.2) is 0 Å². The van der Waals surface area contributed by atoms with Gasteiger partial charge in [0.2, 0.25) is 17.7 Å². The molecule has 3 aliphatic rings. The Kier molecular flexibility index (Phi) is 4.58. The Morgan fingerprint density at radius 1 is 1.11 bits per heavy atom. The third kappa shape index (κ3) is 3.17. The van der Waals surface area contributed by atoms with Crippen LogP contribution in [0.15, 0.2) is 30.4 Å². The smallest absolute Gasteiger partial charge is 0.233 e. The molecule has 0 radical (unpaired) electrons. The highest BCUT2D eigenvalue weighted by Crippen LogP contribution is 2.37. The van der Waals surface area contributed by atoms with E-state index in [-0.39, 0.29) is 41.4 Å². The molecular weight excluding hydrogens is 347 g/mol. The van der Waals surface area contributed by atoms with E-state index >= 15 is 0 Å². The first kappa shape index (κ1) is 17.9. The van der Waals surface area contributed by atoms with Crippen LogP contribution in [0.3, 0.4) is 0 Å². The first-order valence-corrected chi connectivity index (χ1v) is 9.50. The largest absolute Gasteiger partial charge is 0.338 e. The van der Waals surface area contributed by atoms with Crippen LogP contribution in [0.5, 0.6) is 0 Å². The van der Waals surface area contributed by atoms with E-state index in [0.29, 0.717) is 44.3 Å². The summed E-state index contributed by atoms with van der Waals surface area (Å²) in [6.45, 7) is 2.52. The molecule has 3 amide bonds. The lowest BCUT2D eigenvalue weighted by atomic mass is 9.85. The standard InChI is InChI=1S/C21H23FN2O3/c1-13-6-7-14(10-18(13)22)8-9-19(25)23-11-15(12-23)24-20(26)16-4-2-3-5-17(16)21(24)27/h2-3,6-7,10,15-17H,4-5,8-9,11-12H2,1H3. The summed E-state index contributed by atoms with van der Waals surface area (Å²) in [5.74, 6) is -0.882. The van der Waals surface area contributed by atoms with Crippen LogP contribution in [0.25, 0.3) is 0 Å². The Morgan fingerprint density at radius 2 is 1.74 bits per heavy atom. The van der Waals surface area contributed by atoms with Crippen LogP contribution in [0.1, 0.15) is 30.4 Å². The molecular formula is C21H23FN2O3. The minimum absolute atomic E-state index is 0.0228. The summed E-state index contributed by atoms with van der Waals surface area (Å²) in [7, 11) is 0. The SMILES string of the molecule is Cc1ccc(CCC(=O)N2CC(N3C(=O)C4CC=CCC4C3=O)C2)cc1F. The van der Waals surface area contributed by atoms with Gasteiger partial charge >= 0.3 is 0 Å². The number of carbonyl (C=O) groups is 3. The second-order valence-corrected chi connectivity index (χ2v) is 7.74. The Labute approximate surface area is 157 Å². The zero-order valence-corrected chi connectivity index (χ0v) is 15.4. The molecule has 0 N–H and O–H groups in total. The van der Waals surface area contributed by atoms with Gasteiger partial charge in [0, 0.05) is 19.5 Å². The molecule has 2 fully saturated rings. The molecule has 1 aliphatic carbocycles. The second kappa shape index (κ2) is 6.91. The van der Waals surface area contributed by atoms with Crippen molar-refractivity contribution in [3.63, 3.8) is 0 Å². The van der Waals surface area contributed by atoms with Gasteiger partial charge in [-0.05, 0) is 43.4 Å². The van der Waals surface area contributed by atoms with Gasteiger partial charge in [0.05, 0.1) is 17.9 Å². The fourth-order valence-corrected chi connectivity index (χ4v) is 4.21. The number of hydrogen-bond acceptors (Lipinski definition) is 3. The van der Waals surface area contributed by atoms with E-state index in [1.54, 1.807) is 17.9 Å². The van der Waals surface area contributed by atoms with E-state index in [9.17, 15) is 18.8 Å². The van der Waals surface area contributed by atoms with E-state index in [2.05, 4.69) is 0 Å². The summed E-state index contributed by atoms with van der Waals surface area (Å²) in [4.78, 5) is 40.6. The molecule has 2 unspecified atom stereocenters. The third-order valence-electron chi connectivity index (χ3n) is 5.99. The topological polar surface area (TPSA) is 57.7 Å². The van der Waals surface area contributed by atoms with Crippen molar-refractivity contribution >= 4 is 17.7 Å². The van der Waals surface area contributed by atoms with Crippen LogP contribution in [0, 0.1) is 24.6 Å². The van der Waals surface area contributed by atoms with Crippen LogP contribution in [-0.2, 0) is 20.8 Å². The number of benzene rings is 1. The number of likely N-dealkylation sites (tertiary alicyclic amines) is 2. The van der Waals surface area contributed by atoms with E-state index in [0.717, 1.165) is 5.56 Å². The molecule has 2 saturated heterocycles. The number of carbonyl (C=O) groups excluding carboxylic acids is 3. The maximum Gasteiger partial charge on any atom is 0.233 e. The highest BCUT2D eigenvalue weighted by molar-refractivity contribution is 6.06. The van der Waals surface area contributed by atoms with Crippen LogP contribution >= 0.6 is 0 Å². The van der Waals surface area contributed by atoms with Crippen molar-refractivity contribution in [2.24, 2.45) is 11.8 Å². The number of hydrogen-bond donors (Lipinski definition) is 0. The zero-order chi connectivity index (χ0) is 19.1. The summed E-state index contributed by atoms with van der Waals surface area (Å²) in [6.07, 6.45) is 5.99. The molecule has 0 bridgehead atoms. The Balaban J connectivity index is 1.30. The van der Waals surface area contributed by atoms with Crippen molar-refractivity contribution in [1.82, 2.24) is 9.80 Å². The van der Waals surface area contributed by atoms with Crippen molar-refractivity contribution in [3.8, 4) is 0 Å². The number of fused-ring (bicyclic) bond motifs is 1. The summed E-state index contributed by atoms with van der Waals surface area (Å²) < 4.78 is 13.6. The van der Waals surface area contributed by atoms with Gasteiger partial charge in [-0.3, -0.25) is 19.3 Å². The molecule has 4 rings (SSSR count). The lowest BCUT2D eigenvalue weighted by Crippen LogP contribution is -2.62. The van der Waals surface area contributed by atoms with Gasteiger partial charge in [-0.25, -0.2) is 4.39 Å². The average Bonchev–Trinajstić information content (AvgIpc) is 2.87. The fraction of sp³-hybridized carbons (Fsp3) is 0.476. The van der Waals surface area contributed by atoms with Crippen molar-refractivity contribution in [2.45, 2.75) is 38.6 Å². The number of allylic oxidation sites excluding steroid dienone is 2. The molecule has 1 aromatic rings. The van der Waals surface area contributed by atoms with Gasteiger partial charge in [0.25, 0.3) is 0 Å². The second-order valence-electron chi connectivity index (χ2n) is 7.74. The fourth-order valence-electron chi connectivity index (χ4n) is 4.21. The first-order valence-electron chi connectivity index (χ1n) is 9.50. The molecule has 0 aromatic heterocycles. The summed E-state index contributed by atoms with van der Waals surface area (Å²) in [5.41, 5.74) is 1.39. The Hall–Kier alpha value is -2.50. The van der Waals surface area contributed by atoms with Crippen LogP contribution < -0.4 is 0 Å². The monoisotopic (exact) mass is 370 g/mol. The summed E-state index contributed by atoms with van der Waals surface area (Å²) >= 11 is 0. The molecule has 27 heavy (non-hydrogen) atoms. The van der Waals surface area contributed by atoms with E-state index in [1.807, 2.05) is 18.2 Å². The van der Waals surface area contributed by atoms with Crippen LogP contribution in [-0.4, -0.2) is 46.7 Å². The van der Waals surface area contributed by atoms with Crippen molar-refractivity contribution in [3.05, 3.63) is 47.3 Å². The van der Waals surface area contributed by atoms with Crippen LogP contribution in [0.4, 0.5) is 4.39 Å². The van der Waals surface area contributed by atoms with E-state index in [4.69, 9.17) is 0 Å². The average molecular weight is 370 g/mol. The van der Waals surface area contributed by atoms with Crippen molar-refractivity contribution in [2.75, 3.05) is 13.1 Å². The van der Waals surface area contributed by atoms with Crippen molar-refractivity contribution in [1.29, 1.82) is 0 Å². The highest BCUT2D eigenvalue weighted by Gasteiger charge is 2.52. The van der Waals surface area contributed by atoms with Gasteiger partial charge in [-0.2, -0.15) is 0 Å². The zero-order valence-electron chi connectivity index (χ0n) is 15.4. The maximum atomic E-state index is 13.6. The van der Waals surface area contributed by atoms with Crippen LogP contribution in [0.2, 0.25) is 0 Å². The van der Waals surface area contributed by atoms with Gasteiger partial charge in [-0.15, -0.1) is 0 Å². The minimum Gasteiger partial charge on any atom is -0.338 e. The predicted octanol–water partition coefficient (Wildman–Crippen LogP) is 2.23. The molecule has 142 valence electrons. The van der Waals surface area contributed by atoms with Gasteiger partial charge < -0.3 is 4.90 Å². The quantitative estimate of drug-likeness (QED) is 0.603. The summed E-state index contributed by atoms with van der Waals surface area (Å²) in [5, 5.41) is 0. The Morgan fingerprint density at radius 3 is 2.33 bits per heavy atom. The molecule has 5 nitrogen and oxygen atoms in total. The number of amides is 3. The van der Waals surface area contributed by atoms with E-state index in [1.165, 1.54) is 11.0 Å². The lowest BCUT2D eigenvalue weighted by molar-refractivity contribution is -0.152. The summed E-state index contributed by atoms with van der Waals surface area (Å²) in [6, 6.07) is 4.82. The van der Waals surface area contributed by atoms with E-state index < -0.39 is 0 Å². The number of imide groups is 1. The lowest BCUT2D eigenvalue weighted by Gasteiger charge is -2.43. The maximum absolute atomic E-state index is 13.6.